The molecular weight excluding hydrogens is 276 g/mol. The largest absolute Gasteiger partial charge is 0.299 e. The number of thiophene rings is 1. The van der Waals surface area contributed by atoms with Crippen LogP contribution in [0.3, 0.4) is 0 Å². The normalized spacial score (nSPS) is 13.8. The molecule has 106 valence electrons. The first-order chi connectivity index (χ1) is 10.3. The second kappa shape index (κ2) is 6.66. The summed E-state index contributed by atoms with van der Waals surface area (Å²) in [6.07, 6.45) is 3.69. The van der Waals surface area contributed by atoms with Crippen molar-refractivity contribution in [3.8, 4) is 0 Å². The van der Waals surface area contributed by atoms with E-state index in [9.17, 15) is 0 Å². The standard InChI is InChI=1S/C18H18N2S/c1-14(15-9-11-19-12-10-15)20-18(17-8-5-13-21-17)16-6-3-2-4-7-16/h2-14,18,20H,1H3. The minimum Gasteiger partial charge on any atom is -0.299 e. The number of nitrogens with one attached hydrogen (secondary N) is 1. The first kappa shape index (κ1) is 14.0. The Hall–Kier alpha value is -1.97. The zero-order chi connectivity index (χ0) is 14.5. The van der Waals surface area contributed by atoms with Gasteiger partial charge in [0.15, 0.2) is 0 Å². The molecule has 0 saturated carbocycles. The summed E-state index contributed by atoms with van der Waals surface area (Å²) in [6.45, 7) is 2.19. The fourth-order valence-electron chi connectivity index (χ4n) is 2.44. The van der Waals surface area contributed by atoms with Gasteiger partial charge in [0, 0.05) is 23.3 Å². The van der Waals surface area contributed by atoms with Gasteiger partial charge in [0.05, 0.1) is 6.04 Å². The van der Waals surface area contributed by atoms with Crippen molar-refractivity contribution in [2.24, 2.45) is 0 Å². The minimum absolute atomic E-state index is 0.217. The summed E-state index contributed by atoms with van der Waals surface area (Å²) in [5.74, 6) is 0. The predicted molar refractivity (Wildman–Crippen MR) is 88.4 cm³/mol. The summed E-state index contributed by atoms with van der Waals surface area (Å²) in [4.78, 5) is 5.42. The second-order valence-electron chi connectivity index (χ2n) is 5.03. The Kier molecular flexibility index (Phi) is 4.43. The lowest BCUT2D eigenvalue weighted by molar-refractivity contribution is 0.521. The van der Waals surface area contributed by atoms with Crippen LogP contribution in [0.25, 0.3) is 0 Å². The predicted octanol–water partition coefficient (Wildman–Crippen LogP) is 4.58. The molecule has 0 fully saturated rings. The quantitative estimate of drug-likeness (QED) is 0.745. The zero-order valence-electron chi connectivity index (χ0n) is 11.9. The van der Waals surface area contributed by atoms with Crippen LogP contribution in [0.1, 0.15) is 35.0 Å². The molecule has 0 bridgehead atoms. The highest BCUT2D eigenvalue weighted by Gasteiger charge is 2.18. The monoisotopic (exact) mass is 294 g/mol. The first-order valence-corrected chi connectivity index (χ1v) is 7.97. The summed E-state index contributed by atoms with van der Waals surface area (Å²) in [5, 5.41) is 5.86. The number of pyridine rings is 1. The maximum absolute atomic E-state index is 4.09. The Labute approximate surface area is 129 Å². The molecule has 3 rings (SSSR count). The van der Waals surface area contributed by atoms with Crippen LogP contribution in [0.5, 0.6) is 0 Å². The third-order valence-electron chi connectivity index (χ3n) is 3.58. The lowest BCUT2D eigenvalue weighted by Gasteiger charge is -2.23. The molecule has 2 heterocycles. The van der Waals surface area contributed by atoms with Crippen LogP contribution in [0.4, 0.5) is 0 Å². The average Bonchev–Trinajstić information content (AvgIpc) is 3.08. The molecule has 0 amide bonds. The van der Waals surface area contributed by atoms with Crippen LogP contribution in [0.15, 0.2) is 72.4 Å². The number of hydrogen-bond acceptors (Lipinski definition) is 3. The molecule has 2 nitrogen and oxygen atoms in total. The van der Waals surface area contributed by atoms with Crippen LogP contribution >= 0.6 is 11.3 Å². The molecule has 1 aromatic carbocycles. The van der Waals surface area contributed by atoms with Gasteiger partial charge in [0.25, 0.3) is 0 Å². The molecule has 0 radical (unpaired) electrons. The molecule has 0 aliphatic carbocycles. The highest BCUT2D eigenvalue weighted by molar-refractivity contribution is 7.10. The smallest absolute Gasteiger partial charge is 0.0675 e. The summed E-state index contributed by atoms with van der Waals surface area (Å²) in [6, 6.07) is 19.5. The van der Waals surface area contributed by atoms with E-state index in [2.05, 4.69) is 77.2 Å². The van der Waals surface area contributed by atoms with E-state index >= 15 is 0 Å². The van der Waals surface area contributed by atoms with E-state index in [4.69, 9.17) is 0 Å². The summed E-state index contributed by atoms with van der Waals surface area (Å²) >= 11 is 1.79. The van der Waals surface area contributed by atoms with Crippen molar-refractivity contribution < 1.29 is 0 Å². The zero-order valence-corrected chi connectivity index (χ0v) is 12.8. The van der Waals surface area contributed by atoms with E-state index in [0.29, 0.717) is 0 Å². The van der Waals surface area contributed by atoms with Crippen molar-refractivity contribution in [3.05, 3.63) is 88.4 Å². The summed E-state index contributed by atoms with van der Waals surface area (Å²) < 4.78 is 0. The Morgan fingerprint density at radius 3 is 2.33 bits per heavy atom. The van der Waals surface area contributed by atoms with Crippen LogP contribution < -0.4 is 5.32 Å². The van der Waals surface area contributed by atoms with Gasteiger partial charge in [-0.15, -0.1) is 11.3 Å². The van der Waals surface area contributed by atoms with Crippen LogP contribution in [0.2, 0.25) is 0 Å². The molecular formula is C18H18N2S. The van der Waals surface area contributed by atoms with Crippen molar-refractivity contribution >= 4 is 11.3 Å². The third kappa shape index (κ3) is 3.38. The van der Waals surface area contributed by atoms with Crippen molar-refractivity contribution in [2.45, 2.75) is 19.0 Å². The molecule has 0 spiro atoms. The van der Waals surface area contributed by atoms with E-state index < -0.39 is 0 Å². The number of hydrogen-bond donors (Lipinski definition) is 1. The average molecular weight is 294 g/mol. The molecule has 0 saturated heterocycles. The molecule has 1 N–H and O–H groups in total. The molecule has 3 heteroatoms. The first-order valence-electron chi connectivity index (χ1n) is 7.09. The number of rotatable bonds is 5. The van der Waals surface area contributed by atoms with Gasteiger partial charge in [-0.1, -0.05) is 36.4 Å². The Morgan fingerprint density at radius 2 is 1.67 bits per heavy atom. The van der Waals surface area contributed by atoms with E-state index in [1.807, 2.05) is 12.4 Å². The fourth-order valence-corrected chi connectivity index (χ4v) is 3.25. The SMILES string of the molecule is CC(NC(c1ccccc1)c1cccs1)c1ccncc1. The Balaban J connectivity index is 1.87. The fraction of sp³-hybridized carbons (Fsp3) is 0.167. The maximum Gasteiger partial charge on any atom is 0.0675 e. The van der Waals surface area contributed by atoms with E-state index in [1.54, 1.807) is 11.3 Å². The van der Waals surface area contributed by atoms with Gasteiger partial charge in [-0.3, -0.25) is 10.3 Å². The third-order valence-corrected chi connectivity index (χ3v) is 4.52. The Bertz CT molecular complexity index is 650. The van der Waals surface area contributed by atoms with Gasteiger partial charge < -0.3 is 0 Å². The van der Waals surface area contributed by atoms with Crippen LogP contribution in [0, 0.1) is 0 Å². The lowest BCUT2D eigenvalue weighted by Crippen LogP contribution is -2.25. The van der Waals surface area contributed by atoms with E-state index in [0.717, 1.165) is 0 Å². The van der Waals surface area contributed by atoms with Crippen molar-refractivity contribution in [3.63, 3.8) is 0 Å². The number of nitrogens with zero attached hydrogens (tertiary/aromatic N) is 1. The number of benzene rings is 1. The lowest BCUT2D eigenvalue weighted by atomic mass is 10.0. The molecule has 2 aromatic heterocycles. The van der Waals surface area contributed by atoms with Gasteiger partial charge >= 0.3 is 0 Å². The molecule has 3 aromatic rings. The van der Waals surface area contributed by atoms with Crippen molar-refractivity contribution in [1.29, 1.82) is 0 Å². The van der Waals surface area contributed by atoms with Gasteiger partial charge in [-0.25, -0.2) is 0 Å². The molecule has 0 aliphatic heterocycles. The molecule has 2 atom stereocenters. The van der Waals surface area contributed by atoms with Gasteiger partial charge in [0.1, 0.15) is 0 Å². The van der Waals surface area contributed by atoms with Crippen molar-refractivity contribution in [2.75, 3.05) is 0 Å². The van der Waals surface area contributed by atoms with Gasteiger partial charge in [-0.05, 0) is 41.6 Å². The minimum atomic E-state index is 0.217. The molecule has 2 unspecified atom stereocenters. The van der Waals surface area contributed by atoms with E-state index in [1.165, 1.54) is 16.0 Å². The second-order valence-corrected chi connectivity index (χ2v) is 6.01. The van der Waals surface area contributed by atoms with Crippen molar-refractivity contribution in [1.82, 2.24) is 10.3 Å². The summed E-state index contributed by atoms with van der Waals surface area (Å²) in [7, 11) is 0. The summed E-state index contributed by atoms with van der Waals surface area (Å²) in [5.41, 5.74) is 2.54. The number of aromatic nitrogens is 1. The van der Waals surface area contributed by atoms with E-state index in [-0.39, 0.29) is 12.1 Å². The topological polar surface area (TPSA) is 24.9 Å². The van der Waals surface area contributed by atoms with Gasteiger partial charge in [-0.2, -0.15) is 0 Å². The molecule has 21 heavy (non-hydrogen) atoms. The van der Waals surface area contributed by atoms with Crippen LogP contribution in [-0.4, -0.2) is 4.98 Å². The maximum atomic E-state index is 4.09. The highest BCUT2D eigenvalue weighted by atomic mass is 32.1. The molecule has 0 aliphatic rings. The highest BCUT2D eigenvalue weighted by Crippen LogP contribution is 2.28. The van der Waals surface area contributed by atoms with Crippen LogP contribution in [-0.2, 0) is 0 Å². The van der Waals surface area contributed by atoms with Gasteiger partial charge in [0.2, 0.25) is 0 Å². The Morgan fingerprint density at radius 1 is 0.905 bits per heavy atom.